The molecule has 1 aromatic carbocycles. The van der Waals surface area contributed by atoms with Crippen molar-refractivity contribution in [1.29, 1.82) is 0 Å². The van der Waals surface area contributed by atoms with E-state index in [0.717, 1.165) is 24.0 Å². The zero-order chi connectivity index (χ0) is 19.4. The fourth-order valence-corrected chi connectivity index (χ4v) is 4.08. The molecule has 0 radical (unpaired) electrons. The number of fused-ring (bicyclic) bond motifs is 1. The fraction of sp³-hybridized carbons (Fsp3) is 0.550. The highest BCUT2D eigenvalue weighted by Crippen LogP contribution is 2.25. The Labute approximate surface area is 159 Å². The van der Waals surface area contributed by atoms with Crippen LogP contribution in [0.15, 0.2) is 30.6 Å². The molecule has 1 aliphatic heterocycles. The summed E-state index contributed by atoms with van der Waals surface area (Å²) in [7, 11) is 4.06. The first kappa shape index (κ1) is 19.4. The van der Waals surface area contributed by atoms with Crippen LogP contribution >= 0.6 is 0 Å². The van der Waals surface area contributed by atoms with Gasteiger partial charge in [-0.05, 0) is 45.0 Å². The molecule has 2 aromatic rings. The van der Waals surface area contributed by atoms with Gasteiger partial charge in [-0.15, -0.1) is 0 Å². The first-order valence-corrected chi connectivity index (χ1v) is 9.51. The molecule has 0 spiro atoms. The predicted octanol–water partition coefficient (Wildman–Crippen LogP) is 2.07. The van der Waals surface area contributed by atoms with E-state index in [1.54, 1.807) is 6.33 Å². The van der Waals surface area contributed by atoms with Crippen LogP contribution in [0.2, 0.25) is 0 Å². The van der Waals surface area contributed by atoms with E-state index in [0.29, 0.717) is 32.0 Å². The highest BCUT2D eigenvalue weighted by molar-refractivity contribution is 5.77. The van der Waals surface area contributed by atoms with Crippen LogP contribution < -0.4 is 0 Å². The number of imidazole rings is 1. The highest BCUT2D eigenvalue weighted by Gasteiger charge is 2.32. The number of carbonyl (C=O) groups is 2. The lowest BCUT2D eigenvalue weighted by molar-refractivity contribution is -0.137. The Morgan fingerprint density at radius 1 is 1.26 bits per heavy atom. The zero-order valence-electron chi connectivity index (χ0n) is 16.0. The Bertz CT molecular complexity index is 801. The van der Waals surface area contributed by atoms with Crippen molar-refractivity contribution in [2.24, 2.45) is 5.92 Å². The van der Waals surface area contributed by atoms with Crippen LogP contribution in [0.1, 0.15) is 25.7 Å². The molecule has 7 nitrogen and oxygen atoms in total. The normalized spacial score (nSPS) is 20.3. The van der Waals surface area contributed by atoms with E-state index in [1.165, 1.54) is 0 Å². The summed E-state index contributed by atoms with van der Waals surface area (Å²) in [6, 6.07) is 8.23. The number of benzene rings is 1. The van der Waals surface area contributed by atoms with E-state index in [-0.39, 0.29) is 18.2 Å². The number of carboxylic acid groups (broad SMARTS) is 1. The minimum absolute atomic E-state index is 0.130. The van der Waals surface area contributed by atoms with Crippen molar-refractivity contribution in [1.82, 2.24) is 19.4 Å². The maximum Gasteiger partial charge on any atom is 0.303 e. The Hall–Kier alpha value is -2.41. The number of aryl methyl sites for hydroxylation is 1. The van der Waals surface area contributed by atoms with Crippen LogP contribution in [0, 0.1) is 5.92 Å². The second kappa shape index (κ2) is 8.52. The molecule has 7 heteroatoms. The molecule has 2 atom stereocenters. The number of piperidine rings is 1. The van der Waals surface area contributed by atoms with Gasteiger partial charge in [-0.2, -0.15) is 0 Å². The van der Waals surface area contributed by atoms with Crippen molar-refractivity contribution >= 4 is 22.9 Å². The molecular formula is C20H28N4O3. The number of aliphatic carboxylic acids is 1. The molecule has 1 fully saturated rings. The van der Waals surface area contributed by atoms with Crippen LogP contribution in [-0.4, -0.2) is 69.6 Å². The number of aromatic nitrogens is 2. The predicted molar refractivity (Wildman–Crippen MR) is 103 cm³/mol. The number of carbonyl (C=O) groups excluding carboxylic acids is 1. The molecule has 1 aromatic heterocycles. The number of rotatable bonds is 7. The summed E-state index contributed by atoms with van der Waals surface area (Å²) >= 11 is 0. The van der Waals surface area contributed by atoms with Crippen molar-refractivity contribution in [3.8, 4) is 0 Å². The number of nitrogens with zero attached hydrogens (tertiary/aromatic N) is 4. The third-order valence-electron chi connectivity index (χ3n) is 5.53. The summed E-state index contributed by atoms with van der Waals surface area (Å²) < 4.78 is 2.02. The maximum absolute atomic E-state index is 12.8. The molecule has 2 heterocycles. The first-order chi connectivity index (χ1) is 13.0. The molecule has 1 N–H and O–H groups in total. The SMILES string of the molecule is CN(C)[C@@H]1CCN(C(=O)CCn2cnc3ccccc32)C[C@@H]1CCC(=O)O. The second-order valence-electron chi connectivity index (χ2n) is 7.53. The molecule has 1 aliphatic rings. The summed E-state index contributed by atoms with van der Waals surface area (Å²) in [5.74, 6) is -0.448. The van der Waals surface area contributed by atoms with Crippen LogP contribution in [0.3, 0.4) is 0 Å². The van der Waals surface area contributed by atoms with E-state index >= 15 is 0 Å². The van der Waals surface area contributed by atoms with Gasteiger partial charge in [0.15, 0.2) is 0 Å². The summed E-state index contributed by atoms with van der Waals surface area (Å²) in [6.07, 6.45) is 3.85. The monoisotopic (exact) mass is 372 g/mol. The van der Waals surface area contributed by atoms with Gasteiger partial charge in [0.05, 0.1) is 17.4 Å². The van der Waals surface area contributed by atoms with Gasteiger partial charge in [0.25, 0.3) is 0 Å². The number of carboxylic acids is 1. The maximum atomic E-state index is 12.8. The fourth-order valence-electron chi connectivity index (χ4n) is 4.08. The summed E-state index contributed by atoms with van der Waals surface area (Å²) in [4.78, 5) is 32.2. The number of hydrogen-bond acceptors (Lipinski definition) is 4. The zero-order valence-corrected chi connectivity index (χ0v) is 16.0. The van der Waals surface area contributed by atoms with Crippen LogP contribution in [0.5, 0.6) is 0 Å². The van der Waals surface area contributed by atoms with Gasteiger partial charge in [-0.3, -0.25) is 9.59 Å². The van der Waals surface area contributed by atoms with Gasteiger partial charge in [0.1, 0.15) is 0 Å². The molecular weight excluding hydrogens is 344 g/mol. The molecule has 0 bridgehead atoms. The van der Waals surface area contributed by atoms with Crippen molar-refractivity contribution in [2.75, 3.05) is 27.2 Å². The van der Waals surface area contributed by atoms with Crippen molar-refractivity contribution in [3.63, 3.8) is 0 Å². The van der Waals surface area contributed by atoms with E-state index in [9.17, 15) is 9.59 Å². The summed E-state index contributed by atoms with van der Waals surface area (Å²) in [5.41, 5.74) is 1.97. The Kier molecular flexibility index (Phi) is 6.11. The van der Waals surface area contributed by atoms with Gasteiger partial charge in [-0.1, -0.05) is 12.1 Å². The van der Waals surface area contributed by atoms with Crippen LogP contribution in [0.4, 0.5) is 0 Å². The largest absolute Gasteiger partial charge is 0.481 e. The first-order valence-electron chi connectivity index (χ1n) is 9.51. The number of amides is 1. The van der Waals surface area contributed by atoms with Gasteiger partial charge in [0, 0.05) is 38.5 Å². The highest BCUT2D eigenvalue weighted by atomic mass is 16.4. The van der Waals surface area contributed by atoms with Crippen molar-refractivity contribution in [2.45, 2.75) is 38.3 Å². The minimum Gasteiger partial charge on any atom is -0.481 e. The lowest BCUT2D eigenvalue weighted by Gasteiger charge is -2.41. The molecule has 27 heavy (non-hydrogen) atoms. The lowest BCUT2D eigenvalue weighted by Crippen LogP contribution is -2.50. The average molecular weight is 372 g/mol. The molecule has 146 valence electrons. The summed E-state index contributed by atoms with van der Waals surface area (Å²) in [6.45, 7) is 1.97. The van der Waals surface area contributed by atoms with E-state index in [1.807, 2.05) is 47.8 Å². The number of hydrogen-bond donors (Lipinski definition) is 1. The van der Waals surface area contributed by atoms with Crippen LogP contribution in [-0.2, 0) is 16.1 Å². The van der Waals surface area contributed by atoms with Gasteiger partial charge < -0.3 is 19.5 Å². The second-order valence-corrected chi connectivity index (χ2v) is 7.53. The van der Waals surface area contributed by atoms with Gasteiger partial charge in [-0.25, -0.2) is 4.98 Å². The number of likely N-dealkylation sites (tertiary alicyclic amines) is 1. The molecule has 0 unspecified atom stereocenters. The third-order valence-corrected chi connectivity index (χ3v) is 5.53. The van der Waals surface area contributed by atoms with Crippen molar-refractivity contribution < 1.29 is 14.7 Å². The van der Waals surface area contributed by atoms with E-state index < -0.39 is 5.97 Å². The standard InChI is InChI=1S/C20H28N4O3/c1-22(2)17-9-11-23(13-15(17)7-8-20(26)27)19(25)10-12-24-14-21-16-5-3-4-6-18(16)24/h3-6,14-15,17H,7-13H2,1-2H3,(H,26,27)/t15-,17+/m0/s1. The molecule has 1 saturated heterocycles. The molecule has 1 amide bonds. The topological polar surface area (TPSA) is 78.7 Å². The average Bonchev–Trinajstić information content (AvgIpc) is 3.07. The smallest absolute Gasteiger partial charge is 0.303 e. The Morgan fingerprint density at radius 3 is 2.78 bits per heavy atom. The van der Waals surface area contributed by atoms with Crippen LogP contribution in [0.25, 0.3) is 11.0 Å². The van der Waals surface area contributed by atoms with E-state index in [4.69, 9.17) is 5.11 Å². The van der Waals surface area contributed by atoms with Crippen molar-refractivity contribution in [3.05, 3.63) is 30.6 Å². The quantitative estimate of drug-likeness (QED) is 0.805. The Morgan fingerprint density at radius 2 is 2.04 bits per heavy atom. The Balaban J connectivity index is 1.59. The third kappa shape index (κ3) is 4.66. The molecule has 3 rings (SSSR count). The minimum atomic E-state index is -0.775. The molecule has 0 saturated carbocycles. The summed E-state index contributed by atoms with van der Waals surface area (Å²) in [5, 5.41) is 9.02. The van der Waals surface area contributed by atoms with Gasteiger partial charge >= 0.3 is 5.97 Å². The van der Waals surface area contributed by atoms with Gasteiger partial charge in [0.2, 0.25) is 5.91 Å². The number of para-hydroxylation sites is 2. The lowest BCUT2D eigenvalue weighted by atomic mass is 9.87. The molecule has 0 aliphatic carbocycles. The van der Waals surface area contributed by atoms with E-state index in [2.05, 4.69) is 9.88 Å².